The monoisotopic (exact) mass is 280 g/mol. The van der Waals surface area contributed by atoms with Crippen molar-refractivity contribution in [3.8, 4) is 11.6 Å². The summed E-state index contributed by atoms with van der Waals surface area (Å²) in [5, 5.41) is 3.41. The maximum absolute atomic E-state index is 5.76. The van der Waals surface area contributed by atoms with Gasteiger partial charge in [0.1, 0.15) is 11.9 Å². The Balaban J connectivity index is 2.40. The van der Waals surface area contributed by atoms with E-state index in [2.05, 4.69) is 44.9 Å². The maximum atomic E-state index is 5.76. The van der Waals surface area contributed by atoms with Gasteiger partial charge in [0.15, 0.2) is 0 Å². The summed E-state index contributed by atoms with van der Waals surface area (Å²) < 4.78 is 11.4. The molecular weight excluding hydrogens is 252 g/mol. The van der Waals surface area contributed by atoms with Gasteiger partial charge >= 0.3 is 0 Å². The van der Waals surface area contributed by atoms with E-state index in [0.29, 0.717) is 18.4 Å². The molecule has 0 aliphatic carbocycles. The first-order valence-electron chi connectivity index (χ1n) is 7.27. The number of hydrogen-bond donors (Lipinski definition) is 1. The highest BCUT2D eigenvalue weighted by molar-refractivity contribution is 5.22. The molecule has 0 aromatic carbocycles. The molecule has 0 fully saturated rings. The molecule has 0 aliphatic rings. The first-order valence-corrected chi connectivity index (χ1v) is 7.27. The van der Waals surface area contributed by atoms with Crippen LogP contribution in [0.2, 0.25) is 0 Å². The summed E-state index contributed by atoms with van der Waals surface area (Å²) in [4.78, 5) is 4.27. The van der Waals surface area contributed by atoms with E-state index in [9.17, 15) is 0 Å². The van der Waals surface area contributed by atoms with Gasteiger partial charge in [0.2, 0.25) is 5.88 Å². The van der Waals surface area contributed by atoms with Gasteiger partial charge in [-0.1, -0.05) is 13.8 Å². The van der Waals surface area contributed by atoms with Crippen LogP contribution in [0.1, 0.15) is 41.5 Å². The van der Waals surface area contributed by atoms with Crippen LogP contribution in [-0.4, -0.2) is 29.8 Å². The quantitative estimate of drug-likeness (QED) is 0.832. The largest absolute Gasteiger partial charge is 0.492 e. The molecule has 4 heteroatoms. The van der Waals surface area contributed by atoms with E-state index >= 15 is 0 Å². The van der Waals surface area contributed by atoms with Crippen molar-refractivity contribution in [2.24, 2.45) is 5.92 Å². The second-order valence-corrected chi connectivity index (χ2v) is 6.60. The molecule has 1 atom stereocenters. The van der Waals surface area contributed by atoms with Gasteiger partial charge in [-0.05, 0) is 39.7 Å². The number of nitrogens with one attached hydrogen (secondary N) is 1. The molecular formula is C16H28N2O2. The third-order valence-electron chi connectivity index (χ3n) is 2.53. The summed E-state index contributed by atoms with van der Waals surface area (Å²) in [5.41, 5.74) is 0.0968. The SMILES string of the molecule is CC(C)COc1ccc(O[C@H](C)CNC(C)(C)C)nc1. The number of aromatic nitrogens is 1. The zero-order chi connectivity index (χ0) is 15.2. The molecule has 4 nitrogen and oxygen atoms in total. The molecule has 0 radical (unpaired) electrons. The minimum atomic E-state index is 0.0733. The number of rotatable bonds is 7. The van der Waals surface area contributed by atoms with Crippen LogP contribution in [0.3, 0.4) is 0 Å². The second kappa shape index (κ2) is 7.48. The van der Waals surface area contributed by atoms with E-state index in [1.54, 1.807) is 6.20 Å². The van der Waals surface area contributed by atoms with Crippen molar-refractivity contribution in [3.63, 3.8) is 0 Å². The molecule has 1 aromatic heterocycles. The zero-order valence-corrected chi connectivity index (χ0v) is 13.6. The lowest BCUT2D eigenvalue weighted by atomic mass is 10.1. The first-order chi connectivity index (χ1) is 9.26. The fraction of sp³-hybridized carbons (Fsp3) is 0.688. The summed E-state index contributed by atoms with van der Waals surface area (Å²) in [5.74, 6) is 1.92. The Morgan fingerprint density at radius 3 is 2.40 bits per heavy atom. The first kappa shape index (κ1) is 16.8. The van der Waals surface area contributed by atoms with Crippen molar-refractivity contribution >= 4 is 0 Å². The van der Waals surface area contributed by atoms with Crippen LogP contribution >= 0.6 is 0 Å². The van der Waals surface area contributed by atoms with Gasteiger partial charge in [-0.3, -0.25) is 0 Å². The van der Waals surface area contributed by atoms with Crippen LogP contribution in [-0.2, 0) is 0 Å². The second-order valence-electron chi connectivity index (χ2n) is 6.60. The van der Waals surface area contributed by atoms with Crippen molar-refractivity contribution in [2.75, 3.05) is 13.2 Å². The summed E-state index contributed by atoms with van der Waals surface area (Å²) in [7, 11) is 0. The molecule has 1 aromatic rings. The number of hydrogen-bond acceptors (Lipinski definition) is 4. The van der Waals surface area contributed by atoms with E-state index < -0.39 is 0 Å². The predicted octanol–water partition coefficient (Wildman–Crippen LogP) is 3.27. The van der Waals surface area contributed by atoms with E-state index in [-0.39, 0.29) is 11.6 Å². The lowest BCUT2D eigenvalue weighted by Crippen LogP contribution is -2.41. The molecule has 0 spiro atoms. The Kier molecular flexibility index (Phi) is 6.27. The van der Waals surface area contributed by atoms with Gasteiger partial charge in [0.05, 0.1) is 12.8 Å². The third-order valence-corrected chi connectivity index (χ3v) is 2.53. The number of pyridine rings is 1. The summed E-state index contributed by atoms with van der Waals surface area (Å²) in [6.07, 6.45) is 1.78. The number of ether oxygens (including phenoxy) is 2. The van der Waals surface area contributed by atoms with Gasteiger partial charge in [-0.2, -0.15) is 0 Å². The highest BCUT2D eigenvalue weighted by Gasteiger charge is 2.12. The Bertz CT molecular complexity index is 382. The van der Waals surface area contributed by atoms with Crippen LogP contribution < -0.4 is 14.8 Å². The predicted molar refractivity (Wildman–Crippen MR) is 82.4 cm³/mol. The molecule has 0 unspecified atom stereocenters. The van der Waals surface area contributed by atoms with Crippen LogP contribution in [0.15, 0.2) is 18.3 Å². The van der Waals surface area contributed by atoms with Crippen molar-refractivity contribution in [1.29, 1.82) is 0 Å². The van der Waals surface area contributed by atoms with Gasteiger partial charge in [0.25, 0.3) is 0 Å². The topological polar surface area (TPSA) is 43.4 Å². The highest BCUT2D eigenvalue weighted by Crippen LogP contribution is 2.15. The molecule has 114 valence electrons. The normalized spacial score (nSPS) is 13.3. The Hall–Kier alpha value is -1.29. The van der Waals surface area contributed by atoms with E-state index in [0.717, 1.165) is 12.3 Å². The van der Waals surface area contributed by atoms with E-state index in [1.807, 2.05) is 19.1 Å². The van der Waals surface area contributed by atoms with Gasteiger partial charge in [-0.15, -0.1) is 0 Å². The molecule has 1 N–H and O–H groups in total. The Labute approximate surface area is 122 Å². The molecule has 0 aliphatic heterocycles. The van der Waals surface area contributed by atoms with Crippen molar-refractivity contribution in [1.82, 2.24) is 10.3 Å². The molecule has 1 rings (SSSR count). The summed E-state index contributed by atoms with van der Waals surface area (Å²) >= 11 is 0. The summed E-state index contributed by atoms with van der Waals surface area (Å²) in [6, 6.07) is 3.75. The van der Waals surface area contributed by atoms with Gasteiger partial charge in [0, 0.05) is 18.2 Å². The van der Waals surface area contributed by atoms with E-state index in [4.69, 9.17) is 9.47 Å². The molecule has 0 saturated carbocycles. The molecule has 1 heterocycles. The van der Waals surface area contributed by atoms with Crippen molar-refractivity contribution < 1.29 is 9.47 Å². The smallest absolute Gasteiger partial charge is 0.213 e. The average Bonchev–Trinajstić information content (AvgIpc) is 2.35. The lowest BCUT2D eigenvalue weighted by molar-refractivity contribution is 0.195. The minimum absolute atomic E-state index is 0.0733. The fourth-order valence-corrected chi connectivity index (χ4v) is 1.48. The molecule has 0 saturated heterocycles. The van der Waals surface area contributed by atoms with Crippen LogP contribution in [0.25, 0.3) is 0 Å². The lowest BCUT2D eigenvalue weighted by Gasteiger charge is -2.23. The highest BCUT2D eigenvalue weighted by atomic mass is 16.5. The average molecular weight is 280 g/mol. The van der Waals surface area contributed by atoms with Gasteiger partial charge < -0.3 is 14.8 Å². The minimum Gasteiger partial charge on any atom is -0.492 e. The van der Waals surface area contributed by atoms with Crippen LogP contribution in [0.4, 0.5) is 0 Å². The van der Waals surface area contributed by atoms with Crippen LogP contribution in [0.5, 0.6) is 11.6 Å². The van der Waals surface area contributed by atoms with Crippen molar-refractivity contribution in [2.45, 2.75) is 53.2 Å². The maximum Gasteiger partial charge on any atom is 0.213 e. The number of nitrogens with zero attached hydrogens (tertiary/aromatic N) is 1. The van der Waals surface area contributed by atoms with Gasteiger partial charge in [-0.25, -0.2) is 4.98 Å². The van der Waals surface area contributed by atoms with Crippen LogP contribution in [0, 0.1) is 5.92 Å². The molecule has 20 heavy (non-hydrogen) atoms. The van der Waals surface area contributed by atoms with E-state index in [1.165, 1.54) is 0 Å². The third kappa shape index (κ3) is 7.34. The van der Waals surface area contributed by atoms with Crippen molar-refractivity contribution in [3.05, 3.63) is 18.3 Å². The Morgan fingerprint density at radius 1 is 1.20 bits per heavy atom. The molecule has 0 bridgehead atoms. The fourth-order valence-electron chi connectivity index (χ4n) is 1.48. The molecule has 0 amide bonds. The Morgan fingerprint density at radius 2 is 1.90 bits per heavy atom. The summed E-state index contributed by atoms with van der Waals surface area (Å²) in [6.45, 7) is 14.2. The standard InChI is InChI=1S/C16H28N2O2/c1-12(2)11-19-14-7-8-15(17-10-14)20-13(3)9-18-16(4,5)6/h7-8,10,12-13,18H,9,11H2,1-6H3/t13-/m1/s1. The zero-order valence-electron chi connectivity index (χ0n) is 13.6.